The summed E-state index contributed by atoms with van der Waals surface area (Å²) in [5.74, 6) is 0. The van der Waals surface area contributed by atoms with Crippen LogP contribution in [0.5, 0.6) is 0 Å². The van der Waals surface area contributed by atoms with E-state index in [1.54, 1.807) is 16.9 Å². The molecule has 0 aromatic heterocycles. The molecule has 0 radical (unpaired) electrons. The molecule has 0 aliphatic rings. The van der Waals surface area contributed by atoms with Gasteiger partial charge in [-0.05, 0) is 0 Å². The average Bonchev–Trinajstić information content (AvgIpc) is 0.811. The second-order valence-electron chi connectivity index (χ2n) is 0.678. The van der Waals surface area contributed by atoms with Crippen LogP contribution in [0.25, 0.3) is 0 Å². The van der Waals surface area contributed by atoms with E-state index in [-0.39, 0.29) is 0 Å². The van der Waals surface area contributed by atoms with Gasteiger partial charge in [0.05, 0.1) is 0 Å². The van der Waals surface area contributed by atoms with Gasteiger partial charge in [0.15, 0.2) is 0 Å². The van der Waals surface area contributed by atoms with Gasteiger partial charge in [-0.3, -0.25) is 0 Å². The summed E-state index contributed by atoms with van der Waals surface area (Å²) in [4.78, 5) is 0. The predicted octanol–water partition coefficient (Wildman–Crippen LogP) is 0.360. The fraction of sp³-hybridized carbons (Fsp3) is 1.00. The Bertz CT molecular complexity index is 10.8. The van der Waals surface area contributed by atoms with Gasteiger partial charge in [-0.15, -0.1) is 0 Å². The van der Waals surface area contributed by atoms with Crippen LogP contribution in [0.4, 0.5) is 0 Å². The number of rotatable bonds is 0. The quantitative estimate of drug-likeness (QED) is 0.377. The standard InChI is InChI=1S/C2H6AsBr/c1-2(3)4/h2H,3H2,1H3. The molecule has 0 aromatic rings. The Balaban J connectivity index is 2.32. The van der Waals surface area contributed by atoms with Crippen molar-refractivity contribution in [3.63, 3.8) is 0 Å². The SMILES string of the molecule is CC([AsH2])Br. The van der Waals surface area contributed by atoms with Crippen molar-refractivity contribution in [2.45, 2.75) is 10.5 Å². The molecular formula is C2H6AsBr. The molecule has 0 saturated carbocycles. The molecule has 0 fully saturated rings. The molecule has 0 N–H and O–H groups in total. The normalized spacial score (nSPS) is 15.8. The molecule has 0 aliphatic heterocycles. The number of halogens is 1. The third-order valence-corrected chi connectivity index (χ3v) is 0. The van der Waals surface area contributed by atoms with Crippen LogP contribution in [0.15, 0.2) is 0 Å². The first-order chi connectivity index (χ1) is 1.73. The zero-order chi connectivity index (χ0) is 3.58. The zero-order valence-electron chi connectivity index (χ0n) is 2.53. The second kappa shape index (κ2) is 2.29. The summed E-state index contributed by atoms with van der Waals surface area (Å²) in [6.07, 6.45) is 0. The van der Waals surface area contributed by atoms with E-state index in [4.69, 9.17) is 0 Å². The van der Waals surface area contributed by atoms with Gasteiger partial charge in [-0.25, -0.2) is 0 Å². The van der Waals surface area contributed by atoms with Gasteiger partial charge in [-0.1, -0.05) is 0 Å². The van der Waals surface area contributed by atoms with Crippen molar-refractivity contribution in [3.8, 4) is 0 Å². The zero-order valence-corrected chi connectivity index (χ0v) is 6.54. The Kier molecular flexibility index (Phi) is 2.88. The minimum atomic E-state index is 0.708. The molecule has 2 atom stereocenters. The van der Waals surface area contributed by atoms with E-state index in [1.807, 2.05) is 0 Å². The summed E-state index contributed by atoms with van der Waals surface area (Å²) in [6.45, 7) is 2.11. The number of hydrogen-bond acceptors (Lipinski definition) is 0. The van der Waals surface area contributed by atoms with Crippen LogP contribution < -0.4 is 0 Å². The molecule has 0 rings (SSSR count). The number of hydrogen-bond donors (Lipinski definition) is 0. The minimum absolute atomic E-state index is 0.708. The molecule has 26 valence electrons. The first-order valence-corrected chi connectivity index (χ1v) is 3.44. The van der Waals surface area contributed by atoms with E-state index in [1.165, 1.54) is 0 Å². The summed E-state index contributed by atoms with van der Waals surface area (Å²) in [5, 5.41) is 0. The molecule has 0 saturated heterocycles. The molecule has 0 spiro atoms. The van der Waals surface area contributed by atoms with Crippen molar-refractivity contribution in [1.29, 1.82) is 0 Å². The third-order valence-electron chi connectivity index (χ3n) is 0. The molecule has 4 heavy (non-hydrogen) atoms. The summed E-state index contributed by atoms with van der Waals surface area (Å²) >= 11 is 5.01. The van der Waals surface area contributed by atoms with Crippen molar-refractivity contribution in [1.82, 2.24) is 0 Å². The van der Waals surface area contributed by atoms with Crippen LogP contribution in [0.1, 0.15) is 6.92 Å². The molecule has 0 amide bonds. The topological polar surface area (TPSA) is 0 Å². The van der Waals surface area contributed by atoms with Crippen molar-refractivity contribution in [2.75, 3.05) is 0 Å². The van der Waals surface area contributed by atoms with Gasteiger partial charge >= 0.3 is 43.3 Å². The average molecular weight is 185 g/mol. The molecule has 0 heterocycles. The van der Waals surface area contributed by atoms with E-state index in [2.05, 4.69) is 22.9 Å². The Morgan fingerprint density at radius 1 is 2.00 bits per heavy atom. The Morgan fingerprint density at radius 3 is 2.00 bits per heavy atom. The molecule has 0 aromatic carbocycles. The first-order valence-electron chi connectivity index (χ1n) is 1.13. The first kappa shape index (κ1) is 5.04. The van der Waals surface area contributed by atoms with E-state index in [0.29, 0.717) is 3.61 Å². The van der Waals surface area contributed by atoms with Crippen LogP contribution in [0.2, 0.25) is 0 Å². The molecule has 2 unspecified atom stereocenters. The Morgan fingerprint density at radius 2 is 2.00 bits per heavy atom. The fourth-order valence-electron chi connectivity index (χ4n) is 0. The van der Waals surface area contributed by atoms with Crippen molar-refractivity contribution in [3.05, 3.63) is 0 Å². The van der Waals surface area contributed by atoms with Crippen LogP contribution >= 0.6 is 15.9 Å². The van der Waals surface area contributed by atoms with E-state index in [9.17, 15) is 0 Å². The van der Waals surface area contributed by atoms with Crippen LogP contribution in [0, 0.1) is 0 Å². The van der Waals surface area contributed by atoms with Gasteiger partial charge in [0.25, 0.3) is 0 Å². The van der Waals surface area contributed by atoms with E-state index in [0.717, 1.165) is 0 Å². The third kappa shape index (κ3) is 11.7. The van der Waals surface area contributed by atoms with E-state index < -0.39 is 0 Å². The second-order valence-corrected chi connectivity index (χ2v) is 6.27. The van der Waals surface area contributed by atoms with Crippen LogP contribution in [0.3, 0.4) is 0 Å². The monoisotopic (exact) mass is 184 g/mol. The maximum absolute atomic E-state index is 3.30. The van der Waals surface area contributed by atoms with Gasteiger partial charge in [0, 0.05) is 0 Å². The molecule has 0 aliphatic carbocycles. The molecule has 0 bridgehead atoms. The van der Waals surface area contributed by atoms with Crippen molar-refractivity contribution in [2.24, 2.45) is 0 Å². The van der Waals surface area contributed by atoms with Gasteiger partial charge in [-0.2, -0.15) is 0 Å². The number of alkyl halides is 1. The maximum atomic E-state index is 3.30. The van der Waals surface area contributed by atoms with Gasteiger partial charge in [0.1, 0.15) is 0 Å². The van der Waals surface area contributed by atoms with Crippen LogP contribution in [-0.2, 0) is 0 Å². The summed E-state index contributed by atoms with van der Waals surface area (Å²) in [7, 11) is 0. The van der Waals surface area contributed by atoms with Gasteiger partial charge in [0.2, 0.25) is 0 Å². The van der Waals surface area contributed by atoms with Crippen molar-refractivity contribution < 1.29 is 0 Å². The van der Waals surface area contributed by atoms with E-state index >= 15 is 0 Å². The molecule has 0 nitrogen and oxygen atoms in total. The van der Waals surface area contributed by atoms with Crippen LogP contribution in [-0.4, -0.2) is 20.5 Å². The Labute approximate surface area is 43.6 Å². The molecular weight excluding hydrogens is 179 g/mol. The summed E-state index contributed by atoms with van der Waals surface area (Å²) < 4.78 is 0.708. The summed E-state index contributed by atoms with van der Waals surface area (Å²) in [6, 6.07) is 0. The summed E-state index contributed by atoms with van der Waals surface area (Å²) in [5.41, 5.74) is 0. The Hall–Kier alpha value is 1.04. The van der Waals surface area contributed by atoms with Crippen molar-refractivity contribution >= 4 is 32.8 Å². The van der Waals surface area contributed by atoms with Gasteiger partial charge < -0.3 is 0 Å². The molecule has 2 heteroatoms. The predicted molar refractivity (Wildman–Crippen MR) is 26.9 cm³/mol. The fourth-order valence-corrected chi connectivity index (χ4v) is 0.